The number of carbonyl (C=O) groups is 1. The highest BCUT2D eigenvalue weighted by Gasteiger charge is 2.34. The Kier molecular flexibility index (Phi) is 7.49. The van der Waals surface area contributed by atoms with Gasteiger partial charge in [0.15, 0.2) is 23.0 Å². The molecular weight excluding hydrogens is 488 g/mol. The average molecular weight is 513 g/mol. The van der Waals surface area contributed by atoms with Gasteiger partial charge in [0.2, 0.25) is 0 Å². The van der Waals surface area contributed by atoms with Crippen LogP contribution in [0.4, 0.5) is 5.69 Å². The monoisotopic (exact) mass is 512 g/mol. The maximum Gasteiger partial charge on any atom is 0.288 e. The second-order valence-corrected chi connectivity index (χ2v) is 8.46. The predicted octanol–water partition coefficient (Wildman–Crippen LogP) is 5.09. The summed E-state index contributed by atoms with van der Waals surface area (Å²) >= 11 is 5.96. The molecule has 1 atom stereocenters. The van der Waals surface area contributed by atoms with Gasteiger partial charge in [-0.3, -0.25) is 14.9 Å². The number of halogens is 1. The van der Waals surface area contributed by atoms with Crippen molar-refractivity contribution >= 4 is 23.2 Å². The van der Waals surface area contributed by atoms with Crippen molar-refractivity contribution in [2.75, 3.05) is 34.5 Å². The number of rotatable bonds is 8. The van der Waals surface area contributed by atoms with Crippen molar-refractivity contribution in [2.24, 2.45) is 0 Å². The van der Waals surface area contributed by atoms with E-state index in [0.29, 0.717) is 36.0 Å². The predicted molar refractivity (Wildman–Crippen MR) is 134 cm³/mol. The number of amides is 1. The molecule has 0 bridgehead atoms. The standard InChI is InChI=1S/C26H25ClN2O7/c1-33-22-6-4-5-7-23(22)36-15-21-18-14-25(35-3)24(34-2)13-16(18)10-11-28(21)26(30)17-8-9-19(27)20(12-17)29(31)32/h4-9,12-14,21H,10-11,15H2,1-3H3. The molecule has 9 nitrogen and oxygen atoms in total. The molecule has 1 unspecified atom stereocenters. The molecule has 0 spiro atoms. The van der Waals surface area contributed by atoms with E-state index in [0.717, 1.165) is 11.1 Å². The van der Waals surface area contributed by atoms with E-state index in [2.05, 4.69) is 0 Å². The second-order valence-electron chi connectivity index (χ2n) is 8.06. The molecule has 0 radical (unpaired) electrons. The van der Waals surface area contributed by atoms with Crippen molar-refractivity contribution in [1.29, 1.82) is 0 Å². The minimum absolute atomic E-state index is 0.0339. The molecule has 0 saturated heterocycles. The van der Waals surface area contributed by atoms with Crippen LogP contribution in [-0.2, 0) is 6.42 Å². The van der Waals surface area contributed by atoms with Crippen LogP contribution in [0.25, 0.3) is 0 Å². The number of nitrogens with zero attached hydrogens (tertiary/aromatic N) is 2. The van der Waals surface area contributed by atoms with Gasteiger partial charge in [-0.2, -0.15) is 0 Å². The van der Waals surface area contributed by atoms with Crippen molar-refractivity contribution in [3.63, 3.8) is 0 Å². The lowest BCUT2D eigenvalue weighted by Crippen LogP contribution is -2.42. The third-order valence-electron chi connectivity index (χ3n) is 6.12. The SMILES string of the molecule is COc1cc2c(cc1OC)C(COc1ccccc1OC)N(C(=O)c1ccc(Cl)c([N+](=O)[O-])c1)CC2. The number of hydrogen-bond acceptors (Lipinski definition) is 7. The molecule has 1 amide bonds. The van der Waals surface area contributed by atoms with Gasteiger partial charge in [-0.15, -0.1) is 0 Å². The summed E-state index contributed by atoms with van der Waals surface area (Å²) in [5, 5.41) is 11.4. The number of ether oxygens (including phenoxy) is 4. The smallest absolute Gasteiger partial charge is 0.288 e. The molecule has 0 fully saturated rings. The Labute approximate surface area is 213 Å². The van der Waals surface area contributed by atoms with Crippen molar-refractivity contribution < 1.29 is 28.7 Å². The van der Waals surface area contributed by atoms with Gasteiger partial charge in [0.25, 0.3) is 11.6 Å². The molecule has 1 aliphatic rings. The van der Waals surface area contributed by atoms with E-state index in [4.69, 9.17) is 30.5 Å². The van der Waals surface area contributed by atoms with E-state index in [1.165, 1.54) is 18.2 Å². The second kappa shape index (κ2) is 10.7. The Bertz CT molecular complexity index is 1300. The minimum Gasteiger partial charge on any atom is -0.493 e. The molecule has 0 aliphatic carbocycles. The Morgan fingerprint density at radius 3 is 2.33 bits per heavy atom. The lowest BCUT2D eigenvalue weighted by molar-refractivity contribution is -0.384. The number of nitro benzene ring substituents is 1. The van der Waals surface area contributed by atoms with Gasteiger partial charge in [0.05, 0.1) is 32.3 Å². The Balaban J connectivity index is 1.74. The maximum absolute atomic E-state index is 13.6. The summed E-state index contributed by atoms with van der Waals surface area (Å²) in [6.45, 7) is 0.488. The molecule has 0 aromatic heterocycles. The largest absolute Gasteiger partial charge is 0.493 e. The number of benzene rings is 3. The lowest BCUT2D eigenvalue weighted by Gasteiger charge is -2.37. The molecule has 10 heteroatoms. The third-order valence-corrected chi connectivity index (χ3v) is 6.44. The lowest BCUT2D eigenvalue weighted by atomic mass is 9.91. The highest BCUT2D eigenvalue weighted by molar-refractivity contribution is 6.32. The van der Waals surface area contributed by atoms with Crippen molar-refractivity contribution in [3.8, 4) is 23.0 Å². The fourth-order valence-corrected chi connectivity index (χ4v) is 4.50. The first-order valence-electron chi connectivity index (χ1n) is 11.1. The third kappa shape index (κ3) is 4.87. The normalized spacial score (nSPS) is 14.6. The van der Waals surface area contributed by atoms with E-state index >= 15 is 0 Å². The zero-order valence-electron chi connectivity index (χ0n) is 20.0. The summed E-state index contributed by atoms with van der Waals surface area (Å²) in [6.07, 6.45) is 0.558. The van der Waals surface area contributed by atoms with Crippen LogP contribution >= 0.6 is 11.6 Å². The summed E-state index contributed by atoms with van der Waals surface area (Å²) in [5.74, 6) is 1.83. The highest BCUT2D eigenvalue weighted by Crippen LogP contribution is 2.40. The Hall–Kier alpha value is -3.98. The topological polar surface area (TPSA) is 100 Å². The molecule has 3 aromatic carbocycles. The summed E-state index contributed by atoms with van der Waals surface area (Å²) in [5.41, 5.74) is 1.67. The zero-order valence-corrected chi connectivity index (χ0v) is 20.8. The van der Waals surface area contributed by atoms with Crippen LogP contribution in [0.1, 0.15) is 27.5 Å². The number of carbonyl (C=O) groups excluding carboxylic acids is 1. The molecule has 188 valence electrons. The summed E-state index contributed by atoms with van der Waals surface area (Å²) < 4.78 is 22.5. The van der Waals surface area contributed by atoms with Crippen LogP contribution in [0.15, 0.2) is 54.6 Å². The van der Waals surface area contributed by atoms with E-state index in [-0.39, 0.29) is 28.8 Å². The van der Waals surface area contributed by atoms with E-state index in [1.807, 2.05) is 24.3 Å². The first-order valence-corrected chi connectivity index (χ1v) is 11.5. The van der Waals surface area contributed by atoms with E-state index < -0.39 is 11.0 Å². The van der Waals surface area contributed by atoms with Crippen LogP contribution in [-0.4, -0.2) is 50.2 Å². The summed E-state index contributed by atoms with van der Waals surface area (Å²) in [4.78, 5) is 26.1. The molecule has 0 N–H and O–H groups in total. The van der Waals surface area contributed by atoms with Gasteiger partial charge in [-0.1, -0.05) is 23.7 Å². The van der Waals surface area contributed by atoms with Crippen molar-refractivity contribution in [3.05, 3.63) is 86.4 Å². The van der Waals surface area contributed by atoms with Crippen molar-refractivity contribution in [2.45, 2.75) is 12.5 Å². The number of hydrogen-bond donors (Lipinski definition) is 0. The number of para-hydroxylation sites is 2. The fraction of sp³-hybridized carbons (Fsp3) is 0.269. The fourth-order valence-electron chi connectivity index (χ4n) is 4.31. The zero-order chi connectivity index (χ0) is 25.8. The maximum atomic E-state index is 13.6. The molecule has 36 heavy (non-hydrogen) atoms. The number of methoxy groups -OCH3 is 3. The van der Waals surface area contributed by atoms with E-state index in [9.17, 15) is 14.9 Å². The minimum atomic E-state index is -0.607. The molecule has 1 aliphatic heterocycles. The Morgan fingerprint density at radius 2 is 1.67 bits per heavy atom. The molecular formula is C26H25ClN2O7. The van der Waals surface area contributed by atoms with Crippen LogP contribution in [0.2, 0.25) is 5.02 Å². The molecule has 3 aromatic rings. The van der Waals surface area contributed by atoms with Crippen LogP contribution < -0.4 is 18.9 Å². The van der Waals surface area contributed by atoms with Crippen LogP contribution in [0, 0.1) is 10.1 Å². The van der Waals surface area contributed by atoms with Crippen LogP contribution in [0.3, 0.4) is 0 Å². The number of fused-ring (bicyclic) bond motifs is 1. The van der Waals surface area contributed by atoms with E-state index in [1.54, 1.807) is 38.4 Å². The van der Waals surface area contributed by atoms with Gasteiger partial charge in [-0.25, -0.2) is 0 Å². The van der Waals surface area contributed by atoms with Gasteiger partial charge in [0.1, 0.15) is 11.6 Å². The Morgan fingerprint density at radius 1 is 1.00 bits per heavy atom. The molecule has 4 rings (SSSR count). The quantitative estimate of drug-likeness (QED) is 0.306. The van der Waals surface area contributed by atoms with Gasteiger partial charge in [0, 0.05) is 18.2 Å². The summed E-state index contributed by atoms with van der Waals surface area (Å²) in [7, 11) is 4.67. The highest BCUT2D eigenvalue weighted by atomic mass is 35.5. The van der Waals surface area contributed by atoms with Gasteiger partial charge >= 0.3 is 0 Å². The first kappa shape index (κ1) is 25.1. The molecule has 0 saturated carbocycles. The number of nitro groups is 1. The van der Waals surface area contributed by atoms with Crippen LogP contribution in [0.5, 0.6) is 23.0 Å². The van der Waals surface area contributed by atoms with Gasteiger partial charge < -0.3 is 23.8 Å². The average Bonchev–Trinajstić information content (AvgIpc) is 2.90. The first-order chi connectivity index (χ1) is 17.4. The van der Waals surface area contributed by atoms with Gasteiger partial charge in [-0.05, 0) is 53.9 Å². The summed E-state index contributed by atoms with van der Waals surface area (Å²) in [6, 6.07) is 14.5. The molecule has 1 heterocycles. The van der Waals surface area contributed by atoms with Crippen molar-refractivity contribution in [1.82, 2.24) is 4.90 Å².